The van der Waals surface area contributed by atoms with E-state index in [9.17, 15) is 0 Å². The van der Waals surface area contributed by atoms with Crippen molar-refractivity contribution in [3.05, 3.63) is 0 Å². The minimum absolute atomic E-state index is 0.269. The van der Waals surface area contributed by atoms with E-state index >= 15 is 0 Å². The van der Waals surface area contributed by atoms with E-state index in [0.29, 0.717) is 52.9 Å². The van der Waals surface area contributed by atoms with Gasteiger partial charge in [0.05, 0.1) is 0 Å². The normalized spacial score (nSPS) is 25.6. The van der Waals surface area contributed by atoms with Crippen molar-refractivity contribution in [3.8, 4) is 0 Å². The summed E-state index contributed by atoms with van der Waals surface area (Å²) in [5, 5.41) is -1.07. The van der Waals surface area contributed by atoms with Crippen LogP contribution in [0.15, 0.2) is 0 Å². The Morgan fingerprint density at radius 1 is 0.346 bits per heavy atom. The van der Waals surface area contributed by atoms with Crippen LogP contribution < -0.4 is 0 Å². The minimum Gasteiger partial charge on any atom is -0.416 e. The zero-order chi connectivity index (χ0) is 40.5. The smallest absolute Gasteiger partial charge is 0.339 e. The summed E-state index contributed by atoms with van der Waals surface area (Å²) < 4.78 is 85.5. The second-order valence-corrected chi connectivity index (χ2v) is 46.5. The quantitative estimate of drug-likeness (QED) is 0.0866. The van der Waals surface area contributed by atoms with Crippen molar-refractivity contribution in [2.24, 2.45) is 0 Å². The third-order valence-electron chi connectivity index (χ3n) is 10.6. The molecule has 1 heterocycles. The van der Waals surface area contributed by atoms with Crippen molar-refractivity contribution in [1.82, 2.24) is 0 Å². The zero-order valence-electron chi connectivity index (χ0n) is 36.9. The fourth-order valence-corrected chi connectivity index (χ4v) is 59.1. The van der Waals surface area contributed by atoms with Gasteiger partial charge in [-0.1, -0.05) is 27.7 Å². The molecule has 20 heteroatoms. The van der Waals surface area contributed by atoms with Crippen molar-refractivity contribution in [2.75, 3.05) is 52.9 Å². The van der Waals surface area contributed by atoms with Crippen LogP contribution in [0.4, 0.5) is 0 Å². The summed E-state index contributed by atoms with van der Waals surface area (Å²) in [6.45, 7) is 46.2. The molecule has 0 spiro atoms. The third-order valence-corrected chi connectivity index (χ3v) is 52.7. The molecule has 0 aliphatic carbocycles. The average molecular weight is 882 g/mol. The van der Waals surface area contributed by atoms with Crippen LogP contribution in [0, 0.1) is 0 Å². The maximum Gasteiger partial charge on any atom is 0.339 e. The van der Waals surface area contributed by atoms with Crippen LogP contribution in [-0.2, 0) is 51.9 Å². The topological polar surface area (TPSA) is 111 Å². The summed E-state index contributed by atoms with van der Waals surface area (Å²) in [5.74, 6) is 0. The highest BCUT2D eigenvalue weighted by Crippen LogP contribution is 2.56. The molecule has 0 radical (unpaired) electrons. The van der Waals surface area contributed by atoms with Crippen LogP contribution in [0.1, 0.15) is 83.1 Å². The Hall–Kier alpha value is 1.26. The molecule has 0 saturated carbocycles. The van der Waals surface area contributed by atoms with Crippen molar-refractivity contribution in [2.45, 2.75) is 156 Å². The van der Waals surface area contributed by atoms with Gasteiger partial charge in [0.1, 0.15) is 0 Å². The maximum atomic E-state index is 8.46. The lowest BCUT2D eigenvalue weighted by Gasteiger charge is -2.60. The van der Waals surface area contributed by atoms with E-state index in [-0.39, 0.29) is 20.7 Å². The summed E-state index contributed by atoms with van der Waals surface area (Å²) >= 11 is 0. The molecule has 1 saturated heterocycles. The van der Waals surface area contributed by atoms with E-state index < -0.39 is 68.5 Å². The third kappa shape index (κ3) is 11.7. The van der Waals surface area contributed by atoms with E-state index in [2.05, 4.69) is 80.1 Å². The molecule has 4 unspecified atom stereocenters. The Morgan fingerprint density at radius 3 is 0.673 bits per heavy atom. The molecule has 0 aromatic heterocycles. The van der Waals surface area contributed by atoms with Gasteiger partial charge in [-0.15, -0.1) is 0 Å². The predicted octanol–water partition coefficient (Wildman–Crippen LogP) is 8.65. The molecular formula is C32H80O12Si8. The van der Waals surface area contributed by atoms with E-state index in [4.69, 9.17) is 51.9 Å². The molecule has 0 N–H and O–H groups in total. The molecule has 0 aromatic rings. The summed E-state index contributed by atoms with van der Waals surface area (Å²) in [6.07, 6.45) is 0. The highest BCUT2D eigenvalue weighted by Gasteiger charge is 2.75. The van der Waals surface area contributed by atoms with E-state index in [0.717, 1.165) is 0 Å². The molecule has 1 aliphatic rings. The molecule has 0 amide bonds. The van der Waals surface area contributed by atoms with Gasteiger partial charge in [0.25, 0.3) is 0 Å². The van der Waals surface area contributed by atoms with Gasteiger partial charge in [-0.3, -0.25) is 0 Å². The van der Waals surface area contributed by atoms with Crippen LogP contribution in [0.25, 0.3) is 0 Å². The summed E-state index contributed by atoms with van der Waals surface area (Å²) in [7, 11) is -25.7. The lowest BCUT2D eigenvalue weighted by Crippen LogP contribution is -2.79. The highest BCUT2D eigenvalue weighted by molar-refractivity contribution is 7.08. The van der Waals surface area contributed by atoms with Crippen LogP contribution in [0.5, 0.6) is 0 Å². The zero-order valence-corrected chi connectivity index (χ0v) is 44.9. The summed E-state index contributed by atoms with van der Waals surface area (Å²) in [6, 6.07) is 0. The number of rotatable bonds is 24. The van der Waals surface area contributed by atoms with Gasteiger partial charge >= 0.3 is 68.5 Å². The average Bonchev–Trinajstić information content (AvgIpc) is 3.02. The van der Waals surface area contributed by atoms with Crippen LogP contribution >= 0.6 is 0 Å². The summed E-state index contributed by atoms with van der Waals surface area (Å²) in [5.41, 5.74) is 0. The monoisotopic (exact) mass is 880 g/mol. The Morgan fingerprint density at radius 2 is 0.519 bits per heavy atom. The van der Waals surface area contributed by atoms with Gasteiger partial charge < -0.3 is 51.9 Å². The molecule has 312 valence electrons. The van der Waals surface area contributed by atoms with Gasteiger partial charge in [-0.05, 0) is 108 Å². The largest absolute Gasteiger partial charge is 0.416 e. The molecule has 4 atom stereocenters. The Balaban J connectivity index is 4.78. The Kier molecular flexibility index (Phi) is 20.5. The van der Waals surface area contributed by atoms with Crippen molar-refractivity contribution in [3.63, 3.8) is 0 Å². The summed E-state index contributed by atoms with van der Waals surface area (Å²) in [4.78, 5) is 0. The lowest BCUT2D eigenvalue weighted by molar-refractivity contribution is 0.152. The van der Waals surface area contributed by atoms with Crippen molar-refractivity contribution in [1.29, 1.82) is 0 Å². The first-order valence-electron chi connectivity index (χ1n) is 19.9. The van der Waals surface area contributed by atoms with Gasteiger partial charge in [-0.25, -0.2) is 0 Å². The Bertz CT molecular complexity index is 903. The van der Waals surface area contributed by atoms with E-state index in [1.807, 2.05) is 55.4 Å². The van der Waals surface area contributed by atoms with Crippen LogP contribution in [-0.4, -0.2) is 121 Å². The highest BCUT2D eigenvalue weighted by atomic mass is 28.6. The van der Waals surface area contributed by atoms with Crippen LogP contribution in [0.3, 0.4) is 0 Å². The molecular weight excluding hydrogens is 801 g/mol. The molecule has 0 bridgehead atoms. The van der Waals surface area contributed by atoms with Crippen molar-refractivity contribution < 1.29 is 51.9 Å². The molecule has 12 nitrogen and oxygen atoms in total. The van der Waals surface area contributed by atoms with Gasteiger partial charge in [0, 0.05) is 73.5 Å². The first-order valence-corrected chi connectivity index (χ1v) is 39.0. The predicted molar refractivity (Wildman–Crippen MR) is 228 cm³/mol. The van der Waals surface area contributed by atoms with E-state index in [1.54, 1.807) is 0 Å². The number of hydrogen-bond acceptors (Lipinski definition) is 12. The van der Waals surface area contributed by atoms with Crippen molar-refractivity contribution >= 4 is 68.5 Å². The van der Waals surface area contributed by atoms with Gasteiger partial charge in [-0.2, -0.15) is 0 Å². The second kappa shape index (κ2) is 20.8. The lowest BCUT2D eigenvalue weighted by atomic mass is 10.9. The van der Waals surface area contributed by atoms with Gasteiger partial charge in [0.2, 0.25) is 0 Å². The maximum absolute atomic E-state index is 8.46. The Labute approximate surface area is 327 Å². The molecule has 1 rings (SSSR count). The molecule has 1 fully saturated rings. The van der Waals surface area contributed by atoms with E-state index in [1.165, 1.54) is 0 Å². The molecule has 52 heavy (non-hydrogen) atoms. The first kappa shape index (κ1) is 51.3. The second-order valence-electron chi connectivity index (χ2n) is 15.1. The minimum atomic E-state index is -3.76. The van der Waals surface area contributed by atoms with Crippen LogP contribution in [0.2, 0.25) is 73.0 Å². The first-order chi connectivity index (χ1) is 23.9. The van der Waals surface area contributed by atoms with Gasteiger partial charge in [0.15, 0.2) is 0 Å². The molecule has 0 aromatic carbocycles. The SMILES string of the molecule is CCO[Si](C)(OCC)C(C)[Si]1(C(C)[Si](C)(OCC)OCC)O[Si](C)(C)O[Si](C)(C)O[Si](C(C)[Si](C)(OCC)OCC)(C(C)[Si](C)(OCC)OCC)O1. The standard InChI is InChI=1S/C32H80O12Si8/c1-21-33-47(17,34-22-2)29(9)51(30(10)48(18,35-23-3)36-24-4)42-45(13,14)41-46(15,16)43-52(44-51,31(11)49(19,37-25-5)38-26-6)32(12)50(20,39-27-7)40-28-8/h29-32H,21-28H2,1-20H3. The molecule has 1 aliphatic heterocycles. The fourth-order valence-electron chi connectivity index (χ4n) is 8.07. The fraction of sp³-hybridized carbons (Fsp3) is 1.00. The number of hydrogen-bond donors (Lipinski definition) is 0.